The molecule has 0 fully saturated rings. The smallest absolute Gasteiger partial charge is 0.345 e. The maximum absolute atomic E-state index is 12.3. The molecule has 0 amide bonds. The number of carbonyl (C=O) groups is 2. The monoisotopic (exact) mass is 348 g/mol. The Morgan fingerprint density at radius 3 is 1.80 bits per heavy atom. The van der Waals surface area contributed by atoms with E-state index in [0.717, 1.165) is 5.75 Å². The molecule has 0 saturated heterocycles. The van der Waals surface area contributed by atoms with Crippen molar-refractivity contribution >= 4 is 18.0 Å². The lowest BCUT2D eigenvalue weighted by atomic mass is 10.1. The minimum atomic E-state index is -0.670. The van der Waals surface area contributed by atoms with Gasteiger partial charge in [-0.25, -0.2) is 9.59 Å². The van der Waals surface area contributed by atoms with Gasteiger partial charge in [0.25, 0.3) is 0 Å². The molecule has 0 saturated carbocycles. The van der Waals surface area contributed by atoms with Crippen LogP contribution < -0.4 is 4.74 Å². The Hall–Kier alpha value is -2.30. The number of esters is 2. The molecular weight excluding hydrogens is 320 g/mol. The summed E-state index contributed by atoms with van der Waals surface area (Å²) >= 11 is 0. The third-order valence-corrected chi connectivity index (χ3v) is 3.04. The Bertz CT molecular complexity index is 559. The van der Waals surface area contributed by atoms with E-state index in [2.05, 4.69) is 0 Å². The molecule has 0 atom stereocenters. The van der Waals surface area contributed by atoms with Crippen LogP contribution in [-0.4, -0.2) is 31.8 Å². The van der Waals surface area contributed by atoms with E-state index >= 15 is 0 Å². The maximum atomic E-state index is 12.3. The van der Waals surface area contributed by atoms with E-state index in [1.54, 1.807) is 24.3 Å². The second-order valence-electron chi connectivity index (χ2n) is 6.54. The Balaban J connectivity index is 2.98. The zero-order valence-corrected chi connectivity index (χ0v) is 15.7. The summed E-state index contributed by atoms with van der Waals surface area (Å²) in [5.74, 6) is -0.247. The summed E-state index contributed by atoms with van der Waals surface area (Å²) in [6.07, 6.45) is 1.49. The molecule has 5 heteroatoms. The van der Waals surface area contributed by atoms with Crippen molar-refractivity contribution in [2.75, 3.05) is 19.8 Å². The van der Waals surface area contributed by atoms with Crippen molar-refractivity contribution in [2.24, 2.45) is 11.8 Å². The first-order valence-corrected chi connectivity index (χ1v) is 8.62. The van der Waals surface area contributed by atoms with Gasteiger partial charge in [0.05, 0.1) is 19.8 Å². The third kappa shape index (κ3) is 7.88. The number of ether oxygens (including phenoxy) is 3. The zero-order valence-electron chi connectivity index (χ0n) is 15.7. The second kappa shape index (κ2) is 10.5. The summed E-state index contributed by atoms with van der Waals surface area (Å²) in [7, 11) is 0. The van der Waals surface area contributed by atoms with Gasteiger partial charge in [-0.1, -0.05) is 39.8 Å². The lowest BCUT2D eigenvalue weighted by Crippen LogP contribution is -2.21. The Morgan fingerprint density at radius 2 is 1.40 bits per heavy atom. The largest absolute Gasteiger partial charge is 0.494 e. The first-order valence-electron chi connectivity index (χ1n) is 8.62. The highest BCUT2D eigenvalue weighted by Crippen LogP contribution is 2.16. The number of hydrogen-bond donors (Lipinski definition) is 0. The van der Waals surface area contributed by atoms with Gasteiger partial charge in [0.1, 0.15) is 11.3 Å². The molecule has 0 aliphatic heterocycles. The SMILES string of the molecule is CCOc1ccc(C=C(C(=O)OCC(C)C)C(=O)OCC(C)C)cc1. The molecule has 25 heavy (non-hydrogen) atoms. The molecule has 138 valence electrons. The van der Waals surface area contributed by atoms with Gasteiger partial charge in [0, 0.05) is 0 Å². The summed E-state index contributed by atoms with van der Waals surface area (Å²) in [6.45, 7) is 10.7. The normalized spacial score (nSPS) is 10.5. The number of hydrogen-bond acceptors (Lipinski definition) is 5. The van der Waals surface area contributed by atoms with Crippen LogP contribution in [0.25, 0.3) is 6.08 Å². The van der Waals surface area contributed by atoms with Crippen molar-refractivity contribution in [1.29, 1.82) is 0 Å². The van der Waals surface area contributed by atoms with E-state index < -0.39 is 11.9 Å². The first-order chi connectivity index (χ1) is 11.8. The van der Waals surface area contributed by atoms with E-state index in [0.29, 0.717) is 12.2 Å². The van der Waals surface area contributed by atoms with Gasteiger partial charge in [0.2, 0.25) is 0 Å². The fraction of sp³-hybridized carbons (Fsp3) is 0.500. The van der Waals surface area contributed by atoms with Gasteiger partial charge in [-0.15, -0.1) is 0 Å². The molecule has 1 aromatic carbocycles. The quantitative estimate of drug-likeness (QED) is 0.293. The van der Waals surface area contributed by atoms with Gasteiger partial charge in [0.15, 0.2) is 0 Å². The lowest BCUT2D eigenvalue weighted by molar-refractivity contribution is -0.148. The van der Waals surface area contributed by atoms with Crippen molar-refractivity contribution in [1.82, 2.24) is 0 Å². The summed E-state index contributed by atoms with van der Waals surface area (Å²) in [5.41, 5.74) is 0.590. The summed E-state index contributed by atoms with van der Waals surface area (Å²) in [4.78, 5) is 24.6. The standard InChI is InChI=1S/C20H28O5/c1-6-23-17-9-7-16(8-10-17)11-18(19(21)24-12-14(2)3)20(22)25-13-15(4)5/h7-11,14-15H,6,12-13H2,1-5H3. The Kier molecular flexibility index (Phi) is 8.75. The van der Waals surface area contributed by atoms with Crippen molar-refractivity contribution < 1.29 is 23.8 Å². The molecule has 5 nitrogen and oxygen atoms in total. The van der Waals surface area contributed by atoms with E-state index in [1.165, 1.54) is 6.08 Å². The van der Waals surface area contributed by atoms with E-state index in [-0.39, 0.29) is 30.6 Å². The van der Waals surface area contributed by atoms with Gasteiger partial charge in [-0.05, 0) is 42.5 Å². The van der Waals surface area contributed by atoms with Crippen molar-refractivity contribution in [2.45, 2.75) is 34.6 Å². The Labute approximate surface area is 150 Å². The number of rotatable bonds is 9. The van der Waals surface area contributed by atoms with Crippen LogP contribution in [0.15, 0.2) is 29.8 Å². The number of benzene rings is 1. The van der Waals surface area contributed by atoms with Crippen molar-refractivity contribution in [3.05, 3.63) is 35.4 Å². The van der Waals surface area contributed by atoms with Crippen LogP contribution in [0.3, 0.4) is 0 Å². The summed E-state index contributed by atoms with van der Waals surface area (Å²) in [6, 6.07) is 7.12. The van der Waals surface area contributed by atoms with Gasteiger partial charge >= 0.3 is 11.9 Å². The minimum absolute atomic E-state index is 0.106. The summed E-state index contributed by atoms with van der Waals surface area (Å²) < 4.78 is 15.8. The molecule has 1 rings (SSSR count). The first kappa shape index (κ1) is 20.7. The van der Waals surface area contributed by atoms with Crippen LogP contribution in [0.1, 0.15) is 40.2 Å². The average Bonchev–Trinajstić information content (AvgIpc) is 2.57. The predicted octanol–water partition coefficient (Wildman–Crippen LogP) is 3.87. The summed E-state index contributed by atoms with van der Waals surface area (Å²) in [5, 5.41) is 0. The molecule has 0 bridgehead atoms. The highest BCUT2D eigenvalue weighted by Gasteiger charge is 2.22. The Morgan fingerprint density at radius 1 is 0.920 bits per heavy atom. The molecule has 1 aromatic rings. The predicted molar refractivity (Wildman–Crippen MR) is 97.2 cm³/mol. The highest BCUT2D eigenvalue weighted by molar-refractivity contribution is 6.17. The minimum Gasteiger partial charge on any atom is -0.494 e. The fourth-order valence-electron chi connectivity index (χ4n) is 1.84. The third-order valence-electron chi connectivity index (χ3n) is 3.04. The van der Waals surface area contributed by atoms with Gasteiger partial charge in [-0.3, -0.25) is 0 Å². The number of carbonyl (C=O) groups excluding carboxylic acids is 2. The maximum Gasteiger partial charge on any atom is 0.345 e. The molecule has 0 heterocycles. The lowest BCUT2D eigenvalue weighted by Gasteiger charge is -2.11. The fourth-order valence-corrected chi connectivity index (χ4v) is 1.84. The molecule has 0 unspecified atom stereocenters. The van der Waals surface area contributed by atoms with Crippen molar-refractivity contribution in [3.63, 3.8) is 0 Å². The van der Waals surface area contributed by atoms with Crippen LogP contribution in [0.4, 0.5) is 0 Å². The van der Waals surface area contributed by atoms with E-state index in [1.807, 2.05) is 34.6 Å². The van der Waals surface area contributed by atoms with Gasteiger partial charge in [-0.2, -0.15) is 0 Å². The molecule has 0 radical (unpaired) electrons. The van der Waals surface area contributed by atoms with Crippen molar-refractivity contribution in [3.8, 4) is 5.75 Å². The molecule has 0 aliphatic carbocycles. The van der Waals surface area contributed by atoms with Gasteiger partial charge < -0.3 is 14.2 Å². The second-order valence-corrected chi connectivity index (χ2v) is 6.54. The highest BCUT2D eigenvalue weighted by atomic mass is 16.6. The average molecular weight is 348 g/mol. The molecule has 0 N–H and O–H groups in total. The van der Waals surface area contributed by atoms with Crippen LogP contribution in [0.5, 0.6) is 5.75 Å². The van der Waals surface area contributed by atoms with Crippen LogP contribution >= 0.6 is 0 Å². The van der Waals surface area contributed by atoms with Crippen LogP contribution in [0.2, 0.25) is 0 Å². The topological polar surface area (TPSA) is 61.8 Å². The molecule has 0 spiro atoms. The van der Waals surface area contributed by atoms with E-state index in [4.69, 9.17) is 14.2 Å². The molecule has 0 aliphatic rings. The van der Waals surface area contributed by atoms with E-state index in [9.17, 15) is 9.59 Å². The molecular formula is C20H28O5. The zero-order chi connectivity index (χ0) is 18.8. The van der Waals surface area contributed by atoms with Crippen LogP contribution in [-0.2, 0) is 19.1 Å². The van der Waals surface area contributed by atoms with Crippen LogP contribution in [0, 0.1) is 11.8 Å². The molecule has 0 aromatic heterocycles.